The van der Waals surface area contributed by atoms with Gasteiger partial charge in [-0.25, -0.2) is 13.2 Å². The molecule has 0 aliphatic heterocycles. The predicted molar refractivity (Wildman–Crippen MR) is 92.2 cm³/mol. The summed E-state index contributed by atoms with van der Waals surface area (Å²) in [7, 11) is -3.02. The van der Waals surface area contributed by atoms with E-state index in [2.05, 4.69) is 16.7 Å². The maximum atomic E-state index is 12.1. The fourth-order valence-corrected chi connectivity index (χ4v) is 4.43. The first kappa shape index (κ1) is 17.8. The number of carbonyl (C=O) groups is 1. The zero-order valence-electron chi connectivity index (χ0n) is 14.3. The second kappa shape index (κ2) is 6.51. The summed E-state index contributed by atoms with van der Waals surface area (Å²) in [6.45, 7) is 6.41. The Balaban J connectivity index is 1.89. The van der Waals surface area contributed by atoms with E-state index < -0.39 is 9.84 Å². The van der Waals surface area contributed by atoms with Crippen LogP contribution in [0.25, 0.3) is 0 Å². The third kappa shape index (κ3) is 5.23. The molecule has 2 rings (SSSR count). The summed E-state index contributed by atoms with van der Waals surface area (Å²) in [6, 6.07) is 5.82. The van der Waals surface area contributed by atoms with Crippen molar-refractivity contribution < 1.29 is 13.2 Å². The topological polar surface area (TPSA) is 75.3 Å². The summed E-state index contributed by atoms with van der Waals surface area (Å²) < 4.78 is 22.9. The first-order chi connectivity index (χ1) is 10.6. The van der Waals surface area contributed by atoms with E-state index in [1.54, 1.807) is 0 Å². The van der Waals surface area contributed by atoms with Crippen molar-refractivity contribution in [3.05, 3.63) is 34.9 Å². The average Bonchev–Trinajstić information content (AvgIpc) is 3.17. The van der Waals surface area contributed by atoms with Gasteiger partial charge in [-0.1, -0.05) is 23.8 Å². The van der Waals surface area contributed by atoms with E-state index in [0.29, 0.717) is 6.54 Å². The quantitative estimate of drug-likeness (QED) is 0.837. The van der Waals surface area contributed by atoms with E-state index in [1.165, 1.54) is 6.26 Å². The monoisotopic (exact) mass is 338 g/mol. The highest BCUT2D eigenvalue weighted by Crippen LogP contribution is 2.46. The molecule has 0 unspecified atom stereocenters. The van der Waals surface area contributed by atoms with E-state index in [0.717, 1.165) is 29.5 Å². The lowest BCUT2D eigenvalue weighted by Gasteiger charge is -2.20. The summed E-state index contributed by atoms with van der Waals surface area (Å²) in [4.78, 5) is 12.1. The minimum atomic E-state index is -3.02. The first-order valence-electron chi connectivity index (χ1n) is 7.89. The molecule has 0 spiro atoms. The van der Waals surface area contributed by atoms with Crippen LogP contribution in [0.4, 0.5) is 4.79 Å². The van der Waals surface area contributed by atoms with Crippen molar-refractivity contribution in [2.45, 2.75) is 39.7 Å². The number of carbonyl (C=O) groups excluding carboxylic acids is 1. The van der Waals surface area contributed by atoms with E-state index in [9.17, 15) is 13.2 Å². The molecule has 0 bridgehead atoms. The fourth-order valence-electron chi connectivity index (χ4n) is 2.92. The van der Waals surface area contributed by atoms with Crippen LogP contribution in [0.5, 0.6) is 0 Å². The zero-order chi connectivity index (χ0) is 17.3. The smallest absolute Gasteiger partial charge is 0.315 e. The molecule has 1 fully saturated rings. The Bertz CT molecular complexity index is 694. The number of aryl methyl sites for hydroxylation is 2. The molecule has 1 atom stereocenters. The largest absolute Gasteiger partial charge is 0.338 e. The number of nitrogens with one attached hydrogen (secondary N) is 2. The summed E-state index contributed by atoms with van der Waals surface area (Å²) in [6.07, 6.45) is 2.95. The third-order valence-electron chi connectivity index (χ3n) is 4.40. The van der Waals surface area contributed by atoms with Crippen LogP contribution >= 0.6 is 0 Å². The van der Waals surface area contributed by atoms with Crippen molar-refractivity contribution in [1.82, 2.24) is 10.6 Å². The van der Waals surface area contributed by atoms with Gasteiger partial charge in [-0.3, -0.25) is 0 Å². The van der Waals surface area contributed by atoms with Crippen LogP contribution in [0.3, 0.4) is 0 Å². The van der Waals surface area contributed by atoms with Gasteiger partial charge in [0.25, 0.3) is 0 Å². The van der Waals surface area contributed by atoms with Gasteiger partial charge in [0.1, 0.15) is 9.84 Å². The summed E-state index contributed by atoms with van der Waals surface area (Å²) >= 11 is 0. The second-order valence-corrected chi connectivity index (χ2v) is 9.12. The highest BCUT2D eigenvalue weighted by molar-refractivity contribution is 7.90. The van der Waals surface area contributed by atoms with Crippen molar-refractivity contribution >= 4 is 15.9 Å². The Morgan fingerprint density at radius 2 is 1.96 bits per heavy atom. The zero-order valence-corrected chi connectivity index (χ0v) is 15.1. The van der Waals surface area contributed by atoms with Gasteiger partial charge in [0.2, 0.25) is 0 Å². The molecule has 0 heterocycles. The maximum absolute atomic E-state index is 12.1. The van der Waals surface area contributed by atoms with Crippen molar-refractivity contribution in [3.8, 4) is 0 Å². The van der Waals surface area contributed by atoms with Crippen molar-refractivity contribution in [2.24, 2.45) is 5.41 Å². The summed E-state index contributed by atoms with van der Waals surface area (Å²) in [5.74, 6) is 0.146. The van der Waals surface area contributed by atoms with Crippen LogP contribution in [-0.2, 0) is 9.84 Å². The summed E-state index contributed by atoms with van der Waals surface area (Å²) in [5.41, 5.74) is 3.13. The van der Waals surface area contributed by atoms with Crippen LogP contribution < -0.4 is 10.6 Å². The number of sulfone groups is 1. The van der Waals surface area contributed by atoms with Crippen LogP contribution in [-0.4, -0.2) is 33.0 Å². The molecule has 5 nitrogen and oxygen atoms in total. The highest BCUT2D eigenvalue weighted by Gasteiger charge is 2.45. The number of benzene rings is 1. The molecule has 2 N–H and O–H groups in total. The Morgan fingerprint density at radius 1 is 1.30 bits per heavy atom. The van der Waals surface area contributed by atoms with Crippen molar-refractivity contribution in [2.75, 3.05) is 18.6 Å². The van der Waals surface area contributed by atoms with Gasteiger partial charge in [-0.15, -0.1) is 0 Å². The van der Waals surface area contributed by atoms with Gasteiger partial charge in [-0.2, -0.15) is 0 Å². The molecule has 0 radical (unpaired) electrons. The van der Waals surface area contributed by atoms with E-state index in [4.69, 9.17) is 0 Å². The SMILES string of the molecule is Cc1ccc(C)c([C@H](C)NC(=O)NCC2(CS(C)(=O)=O)CC2)c1. The van der Waals surface area contributed by atoms with Crippen LogP contribution in [0.1, 0.15) is 42.5 Å². The van der Waals surface area contributed by atoms with Crippen molar-refractivity contribution in [3.63, 3.8) is 0 Å². The molecule has 6 heteroatoms. The molecule has 1 aromatic rings. The molecular weight excluding hydrogens is 312 g/mol. The lowest BCUT2D eigenvalue weighted by atomic mass is 10.0. The molecule has 1 aromatic carbocycles. The standard InChI is InChI=1S/C17H26N2O3S/c1-12-5-6-13(2)15(9-12)14(3)19-16(20)18-10-17(7-8-17)11-23(4,21)22/h5-6,9,14H,7-8,10-11H2,1-4H3,(H2,18,19,20)/t14-/m0/s1. The van der Waals surface area contributed by atoms with Gasteiger partial charge in [-0.05, 0) is 44.7 Å². The molecule has 0 saturated heterocycles. The van der Waals surface area contributed by atoms with Crippen LogP contribution in [0.2, 0.25) is 0 Å². The number of rotatable bonds is 6. The third-order valence-corrected chi connectivity index (χ3v) is 5.54. The molecule has 0 aromatic heterocycles. The Morgan fingerprint density at radius 3 is 2.52 bits per heavy atom. The van der Waals surface area contributed by atoms with Gasteiger partial charge in [0.15, 0.2) is 0 Å². The number of amides is 2. The lowest BCUT2D eigenvalue weighted by molar-refractivity contribution is 0.235. The average molecular weight is 338 g/mol. The Hall–Kier alpha value is -1.56. The number of hydrogen-bond donors (Lipinski definition) is 2. The molecule has 1 saturated carbocycles. The molecule has 23 heavy (non-hydrogen) atoms. The van der Waals surface area contributed by atoms with Gasteiger partial charge in [0.05, 0.1) is 11.8 Å². The van der Waals surface area contributed by atoms with E-state index in [1.807, 2.05) is 32.9 Å². The number of hydrogen-bond acceptors (Lipinski definition) is 3. The molecule has 128 valence electrons. The second-order valence-electron chi connectivity index (χ2n) is 6.98. The highest BCUT2D eigenvalue weighted by atomic mass is 32.2. The van der Waals surface area contributed by atoms with Crippen molar-refractivity contribution in [1.29, 1.82) is 0 Å². The first-order valence-corrected chi connectivity index (χ1v) is 9.96. The maximum Gasteiger partial charge on any atom is 0.315 e. The Labute approximate surface area is 138 Å². The predicted octanol–water partition coefficient (Wildman–Crippen LogP) is 2.49. The summed E-state index contributed by atoms with van der Waals surface area (Å²) in [5, 5.41) is 5.76. The van der Waals surface area contributed by atoms with Crippen LogP contribution in [0.15, 0.2) is 18.2 Å². The minimum Gasteiger partial charge on any atom is -0.338 e. The number of urea groups is 1. The van der Waals surface area contributed by atoms with Gasteiger partial charge in [0, 0.05) is 18.2 Å². The normalized spacial score (nSPS) is 17.4. The van der Waals surface area contributed by atoms with E-state index in [-0.39, 0.29) is 23.2 Å². The van der Waals surface area contributed by atoms with Gasteiger partial charge >= 0.3 is 6.03 Å². The van der Waals surface area contributed by atoms with E-state index >= 15 is 0 Å². The van der Waals surface area contributed by atoms with Crippen LogP contribution in [0, 0.1) is 19.3 Å². The molecule has 2 amide bonds. The molecule has 1 aliphatic carbocycles. The Kier molecular flexibility index (Phi) is 5.04. The minimum absolute atomic E-state index is 0.0973. The fraction of sp³-hybridized carbons (Fsp3) is 0.588. The lowest BCUT2D eigenvalue weighted by Crippen LogP contribution is -2.41. The molecular formula is C17H26N2O3S. The molecule has 1 aliphatic rings. The van der Waals surface area contributed by atoms with Gasteiger partial charge < -0.3 is 10.6 Å².